The second-order valence-electron chi connectivity index (χ2n) is 3.40. The Morgan fingerprint density at radius 3 is 2.33 bits per heavy atom. The summed E-state index contributed by atoms with van der Waals surface area (Å²) in [5, 5.41) is -0.190. The molecule has 1 heterocycles. The van der Waals surface area contributed by atoms with Crippen molar-refractivity contribution in [2.45, 2.75) is 18.4 Å². The average Bonchev–Trinajstić information content (AvgIpc) is 2.86. The summed E-state index contributed by atoms with van der Waals surface area (Å²) in [5.74, 6) is 0. The molecule has 0 unspecified atom stereocenters. The molecule has 2 rings (SSSR count). The molecule has 1 saturated heterocycles. The van der Waals surface area contributed by atoms with Crippen LogP contribution in [0.2, 0.25) is 0 Å². The lowest BCUT2D eigenvalue weighted by molar-refractivity contribution is -0.119. The van der Waals surface area contributed by atoms with Gasteiger partial charge in [-0.05, 0) is 24.4 Å². The molecule has 0 bridgehead atoms. The highest BCUT2D eigenvalue weighted by Gasteiger charge is 2.53. The quantitative estimate of drug-likeness (QED) is 0.597. The Balaban J connectivity index is 2.02. The van der Waals surface area contributed by atoms with Gasteiger partial charge in [-0.15, -0.1) is 0 Å². The second-order valence-corrected chi connectivity index (χ2v) is 3.75. The molecular weight excluding hydrogens is 178 g/mol. The fraction of sp³-hybridized carbons (Fsp3) is 0.875. The summed E-state index contributed by atoms with van der Waals surface area (Å²) < 4.78 is 5.21. The lowest BCUT2D eigenvalue weighted by Crippen LogP contribution is -2.48. The van der Waals surface area contributed by atoms with E-state index in [1.54, 1.807) is 0 Å². The standard InChI is InChI=1S/C8H12ClNO2/c9-7(11)8(1-2-8)10-3-5-12-6-4-10/h1-6H2. The third kappa shape index (κ3) is 1.26. The molecule has 12 heavy (non-hydrogen) atoms. The number of hydrogen-bond donors (Lipinski definition) is 0. The molecule has 4 heteroatoms. The zero-order chi connectivity index (χ0) is 8.60. The zero-order valence-corrected chi connectivity index (χ0v) is 7.64. The summed E-state index contributed by atoms with van der Waals surface area (Å²) >= 11 is 5.54. The second kappa shape index (κ2) is 2.98. The highest BCUT2D eigenvalue weighted by molar-refractivity contribution is 6.66. The smallest absolute Gasteiger partial charge is 0.241 e. The van der Waals surface area contributed by atoms with E-state index in [9.17, 15) is 4.79 Å². The molecule has 1 saturated carbocycles. The fourth-order valence-electron chi connectivity index (χ4n) is 1.75. The minimum Gasteiger partial charge on any atom is -0.379 e. The van der Waals surface area contributed by atoms with E-state index in [1.807, 2.05) is 0 Å². The minimum atomic E-state index is -0.300. The Labute approximate surface area is 76.6 Å². The monoisotopic (exact) mass is 189 g/mol. The predicted octanol–water partition coefficient (Wildman–Crippen LogP) is 0.617. The lowest BCUT2D eigenvalue weighted by Gasteiger charge is -2.32. The third-order valence-electron chi connectivity index (χ3n) is 2.71. The van der Waals surface area contributed by atoms with Crippen LogP contribution in [0.5, 0.6) is 0 Å². The SMILES string of the molecule is O=C(Cl)C1(N2CCOCC2)CC1. The summed E-state index contributed by atoms with van der Waals surface area (Å²) in [5.41, 5.74) is -0.300. The van der Waals surface area contributed by atoms with E-state index in [2.05, 4.69) is 4.90 Å². The van der Waals surface area contributed by atoms with E-state index in [4.69, 9.17) is 16.3 Å². The molecule has 0 atom stereocenters. The molecule has 0 aromatic heterocycles. The van der Waals surface area contributed by atoms with E-state index < -0.39 is 0 Å². The lowest BCUT2D eigenvalue weighted by atomic mass is 10.2. The van der Waals surface area contributed by atoms with Crippen LogP contribution in [0.15, 0.2) is 0 Å². The van der Waals surface area contributed by atoms with Crippen LogP contribution in [-0.4, -0.2) is 42.0 Å². The fourth-order valence-corrected chi connectivity index (χ4v) is 2.06. The summed E-state index contributed by atoms with van der Waals surface area (Å²) in [6.07, 6.45) is 1.85. The van der Waals surface area contributed by atoms with Crippen LogP contribution in [0.4, 0.5) is 0 Å². The first-order chi connectivity index (χ1) is 5.76. The minimum absolute atomic E-state index is 0.190. The van der Waals surface area contributed by atoms with Gasteiger partial charge in [0.05, 0.1) is 18.8 Å². The molecule has 1 aliphatic carbocycles. The van der Waals surface area contributed by atoms with Crippen molar-refractivity contribution in [3.63, 3.8) is 0 Å². The summed E-state index contributed by atoms with van der Waals surface area (Å²) in [4.78, 5) is 13.3. The van der Waals surface area contributed by atoms with Gasteiger partial charge >= 0.3 is 0 Å². The van der Waals surface area contributed by atoms with Crippen molar-refractivity contribution in [1.82, 2.24) is 4.90 Å². The highest BCUT2D eigenvalue weighted by Crippen LogP contribution is 2.43. The molecular formula is C8H12ClNO2. The van der Waals surface area contributed by atoms with Gasteiger partial charge in [-0.25, -0.2) is 0 Å². The van der Waals surface area contributed by atoms with Crippen molar-refractivity contribution in [2.24, 2.45) is 0 Å². The van der Waals surface area contributed by atoms with Crippen LogP contribution >= 0.6 is 11.6 Å². The average molecular weight is 190 g/mol. The van der Waals surface area contributed by atoms with Crippen molar-refractivity contribution >= 4 is 16.8 Å². The first kappa shape index (κ1) is 8.48. The van der Waals surface area contributed by atoms with Crippen molar-refractivity contribution in [2.75, 3.05) is 26.3 Å². The van der Waals surface area contributed by atoms with Gasteiger partial charge in [-0.2, -0.15) is 0 Å². The van der Waals surface area contributed by atoms with Crippen LogP contribution in [-0.2, 0) is 9.53 Å². The van der Waals surface area contributed by atoms with E-state index in [1.165, 1.54) is 0 Å². The van der Waals surface area contributed by atoms with Crippen LogP contribution in [0.3, 0.4) is 0 Å². The van der Waals surface area contributed by atoms with Crippen molar-refractivity contribution in [3.8, 4) is 0 Å². The molecule has 0 spiro atoms. The first-order valence-electron chi connectivity index (χ1n) is 4.28. The van der Waals surface area contributed by atoms with Gasteiger partial charge in [-0.1, -0.05) is 0 Å². The van der Waals surface area contributed by atoms with Gasteiger partial charge in [0, 0.05) is 13.1 Å². The van der Waals surface area contributed by atoms with E-state index in [0.29, 0.717) is 0 Å². The van der Waals surface area contributed by atoms with Gasteiger partial charge in [0.2, 0.25) is 5.24 Å². The molecule has 0 aromatic carbocycles. The summed E-state index contributed by atoms with van der Waals surface area (Å²) in [7, 11) is 0. The topological polar surface area (TPSA) is 29.5 Å². The Morgan fingerprint density at radius 2 is 1.92 bits per heavy atom. The maximum atomic E-state index is 11.1. The van der Waals surface area contributed by atoms with Gasteiger partial charge < -0.3 is 4.74 Å². The predicted molar refractivity (Wildman–Crippen MR) is 45.2 cm³/mol. The zero-order valence-electron chi connectivity index (χ0n) is 6.88. The largest absolute Gasteiger partial charge is 0.379 e. The van der Waals surface area contributed by atoms with Crippen molar-refractivity contribution < 1.29 is 9.53 Å². The van der Waals surface area contributed by atoms with Crippen LogP contribution in [0.1, 0.15) is 12.8 Å². The first-order valence-corrected chi connectivity index (χ1v) is 4.66. The number of nitrogens with zero attached hydrogens (tertiary/aromatic N) is 1. The maximum Gasteiger partial charge on any atom is 0.241 e. The van der Waals surface area contributed by atoms with E-state index in [-0.39, 0.29) is 10.8 Å². The molecule has 0 N–H and O–H groups in total. The van der Waals surface area contributed by atoms with Gasteiger partial charge in [-0.3, -0.25) is 9.69 Å². The normalized spacial score (nSPS) is 28.4. The third-order valence-corrected chi connectivity index (χ3v) is 3.06. The molecule has 0 radical (unpaired) electrons. The Kier molecular flexibility index (Phi) is 2.10. The molecule has 0 aromatic rings. The van der Waals surface area contributed by atoms with Crippen LogP contribution < -0.4 is 0 Å². The number of halogens is 1. The number of hydrogen-bond acceptors (Lipinski definition) is 3. The molecule has 1 aliphatic heterocycles. The van der Waals surface area contributed by atoms with Crippen molar-refractivity contribution in [3.05, 3.63) is 0 Å². The molecule has 68 valence electrons. The highest BCUT2D eigenvalue weighted by atomic mass is 35.5. The Bertz CT molecular complexity index is 197. The van der Waals surface area contributed by atoms with Gasteiger partial charge in [0.15, 0.2) is 0 Å². The Hall–Kier alpha value is -0.120. The van der Waals surface area contributed by atoms with E-state index >= 15 is 0 Å². The van der Waals surface area contributed by atoms with Crippen LogP contribution in [0.25, 0.3) is 0 Å². The van der Waals surface area contributed by atoms with E-state index in [0.717, 1.165) is 39.1 Å². The maximum absolute atomic E-state index is 11.1. The number of carbonyl (C=O) groups is 1. The molecule has 3 nitrogen and oxygen atoms in total. The molecule has 2 fully saturated rings. The van der Waals surface area contributed by atoms with Gasteiger partial charge in [0.25, 0.3) is 0 Å². The Morgan fingerprint density at radius 1 is 1.33 bits per heavy atom. The number of carbonyl (C=O) groups excluding carboxylic acids is 1. The molecule has 2 aliphatic rings. The van der Waals surface area contributed by atoms with Crippen molar-refractivity contribution in [1.29, 1.82) is 0 Å². The van der Waals surface area contributed by atoms with Gasteiger partial charge in [0.1, 0.15) is 0 Å². The number of ether oxygens (including phenoxy) is 1. The van der Waals surface area contributed by atoms with Crippen LogP contribution in [0, 0.1) is 0 Å². The number of rotatable bonds is 2. The summed E-state index contributed by atoms with van der Waals surface area (Å²) in [6.45, 7) is 3.15. The molecule has 0 amide bonds. The number of morpholine rings is 1. The summed E-state index contributed by atoms with van der Waals surface area (Å²) in [6, 6.07) is 0.